The van der Waals surface area contributed by atoms with E-state index in [-0.39, 0.29) is 12.5 Å². The summed E-state index contributed by atoms with van der Waals surface area (Å²) in [6.07, 6.45) is 0. The zero-order chi connectivity index (χ0) is 19.2. The molecule has 146 valence electrons. The quantitative estimate of drug-likeness (QED) is 0.767. The molecule has 1 saturated heterocycles. The van der Waals surface area contributed by atoms with Crippen LogP contribution in [0.5, 0.6) is 5.75 Å². The highest BCUT2D eigenvalue weighted by Crippen LogP contribution is 2.30. The molecular weight excluding hydrogens is 358 g/mol. The van der Waals surface area contributed by atoms with Gasteiger partial charge in [0.2, 0.25) is 5.90 Å². The summed E-state index contributed by atoms with van der Waals surface area (Å²) in [5.74, 6) is 0.814. The molecule has 0 aliphatic carbocycles. The molecule has 28 heavy (non-hydrogen) atoms. The lowest BCUT2D eigenvalue weighted by atomic mass is 10.2. The highest BCUT2D eigenvalue weighted by atomic mass is 16.5. The summed E-state index contributed by atoms with van der Waals surface area (Å²) in [4.78, 5) is 14.8. The molecular formula is C21H23N3O4. The number of benzene rings is 2. The zero-order valence-corrected chi connectivity index (χ0v) is 15.6. The van der Waals surface area contributed by atoms with Crippen LogP contribution >= 0.6 is 0 Å². The smallest absolute Gasteiger partial charge is 0.285 e. The van der Waals surface area contributed by atoms with Gasteiger partial charge in [0.05, 0.1) is 13.2 Å². The van der Waals surface area contributed by atoms with Gasteiger partial charge in [0.15, 0.2) is 6.61 Å². The molecule has 2 aliphatic rings. The van der Waals surface area contributed by atoms with E-state index in [1.807, 2.05) is 54.6 Å². The number of hydrogen-bond acceptors (Lipinski definition) is 6. The Morgan fingerprint density at radius 1 is 1.00 bits per heavy atom. The Balaban J connectivity index is 1.50. The Hall–Kier alpha value is -2.90. The number of amides is 1. The SMILES string of the molecule is O=C1COC(c2ccccc2)=NN1c1ccccc1OCCN1CCOCC1. The average molecular weight is 381 g/mol. The summed E-state index contributed by atoms with van der Waals surface area (Å²) in [6, 6.07) is 17.0. The molecule has 0 atom stereocenters. The highest BCUT2D eigenvalue weighted by molar-refractivity contribution is 6.04. The standard InChI is InChI=1S/C21H23N3O4/c25-20-16-28-21(17-6-2-1-3-7-17)22-24(20)18-8-4-5-9-19(18)27-15-12-23-10-13-26-14-11-23/h1-9H,10-16H2. The van der Waals surface area contributed by atoms with Crippen LogP contribution in [0.4, 0.5) is 5.69 Å². The minimum Gasteiger partial charge on any atom is -0.490 e. The van der Waals surface area contributed by atoms with E-state index in [0.717, 1.165) is 38.4 Å². The first-order chi connectivity index (χ1) is 13.8. The van der Waals surface area contributed by atoms with E-state index in [9.17, 15) is 4.79 Å². The maximum Gasteiger partial charge on any atom is 0.285 e. The van der Waals surface area contributed by atoms with Gasteiger partial charge in [-0.05, 0) is 24.3 Å². The first-order valence-corrected chi connectivity index (χ1v) is 9.43. The number of nitrogens with zero attached hydrogens (tertiary/aromatic N) is 3. The van der Waals surface area contributed by atoms with Crippen LogP contribution in [0.1, 0.15) is 5.56 Å². The first kappa shape index (κ1) is 18.5. The van der Waals surface area contributed by atoms with Gasteiger partial charge in [0, 0.05) is 25.2 Å². The third-order valence-corrected chi connectivity index (χ3v) is 4.64. The van der Waals surface area contributed by atoms with E-state index in [4.69, 9.17) is 14.2 Å². The van der Waals surface area contributed by atoms with Crippen LogP contribution in [-0.4, -0.2) is 62.8 Å². The summed E-state index contributed by atoms with van der Waals surface area (Å²) >= 11 is 0. The molecule has 0 spiro atoms. The lowest BCUT2D eigenvalue weighted by Crippen LogP contribution is -2.39. The van der Waals surface area contributed by atoms with Gasteiger partial charge >= 0.3 is 0 Å². The normalized spacial score (nSPS) is 17.8. The Bertz CT molecular complexity index is 835. The number of para-hydroxylation sites is 2. The molecule has 0 unspecified atom stereocenters. The van der Waals surface area contributed by atoms with E-state index < -0.39 is 0 Å². The largest absolute Gasteiger partial charge is 0.490 e. The van der Waals surface area contributed by atoms with Crippen LogP contribution in [-0.2, 0) is 14.3 Å². The number of hydrogen-bond donors (Lipinski definition) is 0. The Morgan fingerprint density at radius 3 is 2.57 bits per heavy atom. The number of morpholine rings is 1. The van der Waals surface area contributed by atoms with Gasteiger partial charge in [-0.2, -0.15) is 5.01 Å². The molecule has 0 aromatic heterocycles. The number of hydrazone groups is 1. The highest BCUT2D eigenvalue weighted by Gasteiger charge is 2.26. The molecule has 0 saturated carbocycles. The Labute approximate surface area is 164 Å². The molecule has 2 aromatic carbocycles. The van der Waals surface area contributed by atoms with Gasteiger partial charge in [-0.25, -0.2) is 0 Å². The molecule has 2 heterocycles. The third-order valence-electron chi connectivity index (χ3n) is 4.64. The molecule has 7 nitrogen and oxygen atoms in total. The zero-order valence-electron chi connectivity index (χ0n) is 15.6. The van der Waals surface area contributed by atoms with Crippen molar-refractivity contribution in [2.45, 2.75) is 0 Å². The fraction of sp³-hybridized carbons (Fsp3) is 0.333. The summed E-state index contributed by atoms with van der Waals surface area (Å²) in [7, 11) is 0. The van der Waals surface area contributed by atoms with Gasteiger partial charge in [0.25, 0.3) is 5.91 Å². The molecule has 2 aromatic rings. The molecule has 0 bridgehead atoms. The monoisotopic (exact) mass is 381 g/mol. The summed E-state index contributed by atoms with van der Waals surface area (Å²) in [5, 5.41) is 5.80. The van der Waals surface area contributed by atoms with Gasteiger partial charge in [-0.1, -0.05) is 30.3 Å². The van der Waals surface area contributed by atoms with Crippen molar-refractivity contribution in [2.75, 3.05) is 51.1 Å². The lowest BCUT2D eigenvalue weighted by molar-refractivity contribution is -0.121. The van der Waals surface area contributed by atoms with E-state index in [2.05, 4.69) is 10.0 Å². The van der Waals surface area contributed by atoms with Crippen LogP contribution in [0.15, 0.2) is 59.7 Å². The van der Waals surface area contributed by atoms with Crippen molar-refractivity contribution in [3.05, 3.63) is 60.2 Å². The van der Waals surface area contributed by atoms with E-state index >= 15 is 0 Å². The van der Waals surface area contributed by atoms with Crippen molar-refractivity contribution in [3.8, 4) is 5.75 Å². The van der Waals surface area contributed by atoms with Crippen molar-refractivity contribution in [3.63, 3.8) is 0 Å². The van der Waals surface area contributed by atoms with Gasteiger partial charge < -0.3 is 14.2 Å². The third kappa shape index (κ3) is 4.32. The molecule has 0 radical (unpaired) electrons. The molecule has 1 fully saturated rings. The first-order valence-electron chi connectivity index (χ1n) is 9.43. The van der Waals surface area contributed by atoms with Gasteiger partial charge in [-0.15, -0.1) is 5.10 Å². The number of rotatable bonds is 6. The number of ether oxygens (including phenoxy) is 3. The molecule has 7 heteroatoms. The summed E-state index contributed by atoms with van der Waals surface area (Å²) in [6.45, 7) is 4.63. The second kappa shape index (κ2) is 8.86. The fourth-order valence-electron chi connectivity index (χ4n) is 3.14. The van der Waals surface area contributed by atoms with Crippen LogP contribution in [0.2, 0.25) is 0 Å². The van der Waals surface area contributed by atoms with Crippen LogP contribution in [0, 0.1) is 0 Å². The van der Waals surface area contributed by atoms with Crippen molar-refractivity contribution in [1.82, 2.24) is 4.90 Å². The predicted molar refractivity (Wildman–Crippen MR) is 106 cm³/mol. The Kier molecular flexibility index (Phi) is 5.84. The van der Waals surface area contributed by atoms with E-state index in [0.29, 0.717) is 23.9 Å². The molecule has 0 N–H and O–H groups in total. The van der Waals surface area contributed by atoms with Crippen molar-refractivity contribution in [2.24, 2.45) is 5.10 Å². The number of anilines is 1. The van der Waals surface area contributed by atoms with Crippen LogP contribution in [0.25, 0.3) is 0 Å². The molecule has 2 aliphatic heterocycles. The maximum atomic E-state index is 12.5. The second-order valence-corrected chi connectivity index (χ2v) is 6.54. The number of carbonyl (C=O) groups is 1. The minimum atomic E-state index is -0.232. The second-order valence-electron chi connectivity index (χ2n) is 6.54. The predicted octanol–water partition coefficient (Wildman–Crippen LogP) is 2.12. The van der Waals surface area contributed by atoms with Crippen molar-refractivity contribution in [1.29, 1.82) is 0 Å². The van der Waals surface area contributed by atoms with Gasteiger partial charge in [0.1, 0.15) is 18.0 Å². The molecule has 4 rings (SSSR count). The van der Waals surface area contributed by atoms with Crippen LogP contribution in [0.3, 0.4) is 0 Å². The average Bonchev–Trinajstić information content (AvgIpc) is 2.76. The lowest BCUT2D eigenvalue weighted by Gasteiger charge is -2.27. The molecule has 1 amide bonds. The van der Waals surface area contributed by atoms with E-state index in [1.165, 1.54) is 5.01 Å². The maximum absolute atomic E-state index is 12.5. The minimum absolute atomic E-state index is 0.0597. The van der Waals surface area contributed by atoms with Crippen molar-refractivity contribution >= 4 is 17.5 Å². The van der Waals surface area contributed by atoms with Crippen molar-refractivity contribution < 1.29 is 19.0 Å². The van der Waals surface area contributed by atoms with Crippen LogP contribution < -0.4 is 9.75 Å². The number of carbonyl (C=O) groups excluding carboxylic acids is 1. The fourth-order valence-corrected chi connectivity index (χ4v) is 3.14. The summed E-state index contributed by atoms with van der Waals surface area (Å²) in [5.41, 5.74) is 1.44. The Morgan fingerprint density at radius 2 is 1.75 bits per heavy atom. The summed E-state index contributed by atoms with van der Waals surface area (Å²) < 4.78 is 16.9. The topological polar surface area (TPSA) is 63.6 Å². The van der Waals surface area contributed by atoms with Gasteiger partial charge in [-0.3, -0.25) is 9.69 Å². The van der Waals surface area contributed by atoms with E-state index in [1.54, 1.807) is 0 Å².